The number of hydrogen-bond acceptors (Lipinski definition) is 3. The second-order valence-electron chi connectivity index (χ2n) is 4.03. The van der Waals surface area contributed by atoms with E-state index >= 15 is 0 Å². The first kappa shape index (κ1) is 13.7. The van der Waals surface area contributed by atoms with E-state index in [0.29, 0.717) is 13.0 Å². The average Bonchev–Trinajstić information content (AvgIpc) is 2.72. The summed E-state index contributed by atoms with van der Waals surface area (Å²) in [5.41, 5.74) is 2.24. The molecule has 5 heteroatoms. The van der Waals surface area contributed by atoms with E-state index in [1.54, 1.807) is 7.05 Å². The van der Waals surface area contributed by atoms with Crippen LogP contribution in [0.25, 0.3) is 0 Å². The number of carbonyl (C=O) groups is 1. The fourth-order valence-electron chi connectivity index (χ4n) is 1.81. The van der Waals surface area contributed by atoms with E-state index in [4.69, 9.17) is 5.11 Å². The van der Waals surface area contributed by atoms with E-state index < -0.39 is 12.0 Å². The molecule has 1 aromatic rings. The van der Waals surface area contributed by atoms with Crippen molar-refractivity contribution in [2.24, 2.45) is 0 Å². The van der Waals surface area contributed by atoms with Gasteiger partial charge in [0.2, 0.25) is 0 Å². The number of rotatable bonds is 7. The topological polar surface area (TPSA) is 67.2 Å². The molecular formula is C12H21N3O2. The Morgan fingerprint density at radius 3 is 2.71 bits per heavy atom. The Kier molecular flexibility index (Phi) is 5.15. The van der Waals surface area contributed by atoms with Gasteiger partial charge in [-0.15, -0.1) is 0 Å². The number of nitrogens with zero attached hydrogens (tertiary/aromatic N) is 2. The lowest BCUT2D eigenvalue weighted by atomic mass is 10.2. The normalized spacial score (nSPS) is 12.6. The lowest BCUT2D eigenvalue weighted by Crippen LogP contribution is -2.35. The second kappa shape index (κ2) is 6.39. The molecule has 0 saturated heterocycles. The molecule has 0 spiro atoms. The Morgan fingerprint density at radius 2 is 2.24 bits per heavy atom. The number of aryl methyl sites for hydroxylation is 3. The molecule has 0 aliphatic rings. The van der Waals surface area contributed by atoms with Crippen molar-refractivity contribution < 1.29 is 9.90 Å². The molecule has 1 atom stereocenters. The molecule has 0 aliphatic heterocycles. The predicted molar refractivity (Wildman–Crippen MR) is 66.1 cm³/mol. The molecule has 0 bridgehead atoms. The van der Waals surface area contributed by atoms with Crippen LogP contribution in [0.5, 0.6) is 0 Å². The predicted octanol–water partition coefficient (Wildman–Crippen LogP) is 1.07. The Bertz CT molecular complexity index is 374. The monoisotopic (exact) mass is 239 g/mol. The summed E-state index contributed by atoms with van der Waals surface area (Å²) in [6.07, 6.45) is 2.38. The average molecular weight is 239 g/mol. The summed E-state index contributed by atoms with van der Waals surface area (Å²) < 4.78 is 1.92. The molecule has 0 saturated carbocycles. The summed E-state index contributed by atoms with van der Waals surface area (Å²) in [4.78, 5) is 10.9. The zero-order valence-electron chi connectivity index (χ0n) is 10.7. The van der Waals surface area contributed by atoms with Gasteiger partial charge < -0.3 is 10.4 Å². The van der Waals surface area contributed by atoms with Gasteiger partial charge in [0.05, 0.1) is 5.69 Å². The van der Waals surface area contributed by atoms with Crippen LogP contribution in [0, 0.1) is 0 Å². The van der Waals surface area contributed by atoms with Crippen molar-refractivity contribution in [1.82, 2.24) is 15.1 Å². The molecule has 0 radical (unpaired) electrons. The molecule has 1 heterocycles. The van der Waals surface area contributed by atoms with E-state index in [2.05, 4.69) is 30.3 Å². The third kappa shape index (κ3) is 3.56. The minimum absolute atomic E-state index is 0.506. The van der Waals surface area contributed by atoms with Gasteiger partial charge in [0.15, 0.2) is 0 Å². The van der Waals surface area contributed by atoms with Crippen molar-refractivity contribution in [1.29, 1.82) is 0 Å². The van der Waals surface area contributed by atoms with Crippen LogP contribution in [0.3, 0.4) is 0 Å². The number of aromatic nitrogens is 2. The molecule has 0 fully saturated rings. The number of likely N-dealkylation sites (N-methyl/N-ethyl adjacent to an activating group) is 1. The maximum Gasteiger partial charge on any atom is 0.320 e. The lowest BCUT2D eigenvalue weighted by molar-refractivity contribution is -0.139. The van der Waals surface area contributed by atoms with E-state index in [1.807, 2.05) is 4.68 Å². The molecule has 2 N–H and O–H groups in total. The first-order valence-electron chi connectivity index (χ1n) is 6.08. The molecule has 1 unspecified atom stereocenters. The summed E-state index contributed by atoms with van der Waals surface area (Å²) in [5, 5.41) is 16.2. The van der Waals surface area contributed by atoms with E-state index in [1.165, 1.54) is 5.69 Å². The summed E-state index contributed by atoms with van der Waals surface area (Å²) in [6.45, 7) is 4.79. The molecule has 1 rings (SSSR count). The first-order chi connectivity index (χ1) is 8.12. The number of nitrogens with one attached hydrogen (secondary N) is 1. The summed E-state index contributed by atoms with van der Waals surface area (Å²) in [7, 11) is 1.67. The molecular weight excluding hydrogens is 218 g/mol. The van der Waals surface area contributed by atoms with E-state index in [9.17, 15) is 4.79 Å². The highest BCUT2D eigenvalue weighted by Crippen LogP contribution is 2.08. The van der Waals surface area contributed by atoms with Gasteiger partial charge in [-0.25, -0.2) is 0 Å². The third-order valence-corrected chi connectivity index (χ3v) is 2.91. The van der Waals surface area contributed by atoms with Gasteiger partial charge in [-0.2, -0.15) is 5.10 Å². The van der Waals surface area contributed by atoms with Crippen LogP contribution >= 0.6 is 0 Å². The van der Waals surface area contributed by atoms with E-state index in [-0.39, 0.29) is 0 Å². The first-order valence-corrected chi connectivity index (χ1v) is 6.08. The highest BCUT2D eigenvalue weighted by atomic mass is 16.4. The zero-order chi connectivity index (χ0) is 12.8. The van der Waals surface area contributed by atoms with Crippen LogP contribution in [-0.2, 0) is 24.2 Å². The van der Waals surface area contributed by atoms with Crippen molar-refractivity contribution in [3.63, 3.8) is 0 Å². The smallest absolute Gasteiger partial charge is 0.320 e. The van der Waals surface area contributed by atoms with Crippen molar-refractivity contribution >= 4 is 5.97 Å². The number of carboxylic acid groups (broad SMARTS) is 1. The van der Waals surface area contributed by atoms with Crippen LogP contribution in [0.2, 0.25) is 0 Å². The molecule has 5 nitrogen and oxygen atoms in total. The van der Waals surface area contributed by atoms with Crippen LogP contribution in [0.1, 0.15) is 31.7 Å². The van der Waals surface area contributed by atoms with Crippen molar-refractivity contribution in [2.75, 3.05) is 7.05 Å². The van der Waals surface area contributed by atoms with Gasteiger partial charge in [-0.1, -0.05) is 13.8 Å². The SMILES string of the molecule is CCc1cc(CC)n(CCC(NC)C(=O)O)n1. The van der Waals surface area contributed by atoms with Crippen LogP contribution in [0.15, 0.2) is 6.07 Å². The summed E-state index contributed by atoms with van der Waals surface area (Å²) in [5.74, 6) is -0.812. The van der Waals surface area contributed by atoms with Crippen LogP contribution in [-0.4, -0.2) is 33.9 Å². The van der Waals surface area contributed by atoms with Crippen molar-refractivity contribution in [3.8, 4) is 0 Å². The molecule has 96 valence electrons. The summed E-state index contributed by atoms with van der Waals surface area (Å²) >= 11 is 0. The number of carboxylic acids is 1. The highest BCUT2D eigenvalue weighted by molar-refractivity contribution is 5.73. The van der Waals surface area contributed by atoms with Gasteiger partial charge in [-0.3, -0.25) is 9.48 Å². The quantitative estimate of drug-likeness (QED) is 0.747. The van der Waals surface area contributed by atoms with Gasteiger partial charge in [0, 0.05) is 12.2 Å². The van der Waals surface area contributed by atoms with Crippen LogP contribution in [0.4, 0.5) is 0 Å². The van der Waals surface area contributed by atoms with Crippen molar-refractivity contribution in [2.45, 2.75) is 45.7 Å². The molecule has 0 aromatic carbocycles. The second-order valence-corrected chi connectivity index (χ2v) is 4.03. The Balaban J connectivity index is 2.67. The summed E-state index contributed by atoms with van der Waals surface area (Å²) in [6, 6.07) is 1.59. The van der Waals surface area contributed by atoms with Gasteiger partial charge in [0.25, 0.3) is 0 Å². The number of hydrogen-bond donors (Lipinski definition) is 2. The Hall–Kier alpha value is -1.36. The molecule has 17 heavy (non-hydrogen) atoms. The Labute approximate surface area is 102 Å². The molecule has 0 amide bonds. The zero-order valence-corrected chi connectivity index (χ0v) is 10.7. The fourth-order valence-corrected chi connectivity index (χ4v) is 1.81. The molecule has 1 aromatic heterocycles. The minimum Gasteiger partial charge on any atom is -0.480 e. The minimum atomic E-state index is -0.812. The van der Waals surface area contributed by atoms with Gasteiger partial charge >= 0.3 is 5.97 Å². The Morgan fingerprint density at radius 1 is 1.53 bits per heavy atom. The highest BCUT2D eigenvalue weighted by Gasteiger charge is 2.15. The lowest BCUT2D eigenvalue weighted by Gasteiger charge is -2.12. The molecule has 0 aliphatic carbocycles. The maximum absolute atomic E-state index is 10.9. The fraction of sp³-hybridized carbons (Fsp3) is 0.667. The third-order valence-electron chi connectivity index (χ3n) is 2.91. The largest absolute Gasteiger partial charge is 0.480 e. The van der Waals surface area contributed by atoms with E-state index in [0.717, 1.165) is 18.5 Å². The number of aliphatic carboxylic acids is 1. The van der Waals surface area contributed by atoms with Gasteiger partial charge in [-0.05, 0) is 32.4 Å². The standard InChI is InChI=1S/C12H21N3O2/c1-4-9-8-10(5-2)15(14-9)7-6-11(13-3)12(16)17/h8,11,13H,4-7H2,1-3H3,(H,16,17). The van der Waals surface area contributed by atoms with Gasteiger partial charge in [0.1, 0.15) is 6.04 Å². The van der Waals surface area contributed by atoms with Crippen LogP contribution < -0.4 is 5.32 Å². The van der Waals surface area contributed by atoms with Crippen molar-refractivity contribution in [3.05, 3.63) is 17.5 Å². The maximum atomic E-state index is 10.9.